The summed E-state index contributed by atoms with van der Waals surface area (Å²) < 4.78 is 2.02. The van der Waals surface area contributed by atoms with Crippen LogP contribution in [-0.4, -0.2) is 15.8 Å². The van der Waals surface area contributed by atoms with Crippen molar-refractivity contribution in [3.05, 3.63) is 18.0 Å². The number of halogens is 1. The Hall–Kier alpha value is -0.540. The normalized spacial score (nSPS) is 24.9. The summed E-state index contributed by atoms with van der Waals surface area (Å²) in [6.07, 6.45) is 5.23. The van der Waals surface area contributed by atoms with Gasteiger partial charge in [0.1, 0.15) is 0 Å². The largest absolute Gasteiger partial charge is 0.327 e. The lowest BCUT2D eigenvalue weighted by atomic mass is 10.2. The van der Waals surface area contributed by atoms with Gasteiger partial charge in [0.05, 0.1) is 6.20 Å². The molecule has 0 radical (unpaired) electrons. The highest BCUT2D eigenvalue weighted by atomic mass is 35.5. The van der Waals surface area contributed by atoms with Crippen LogP contribution in [0.4, 0.5) is 0 Å². The van der Waals surface area contributed by atoms with Crippen LogP contribution < -0.4 is 5.73 Å². The first-order valence-electron chi connectivity index (χ1n) is 4.94. The first-order chi connectivity index (χ1) is 6.16. The molecule has 0 bridgehead atoms. The second-order valence-electron chi connectivity index (χ2n) is 4.40. The molecular formula is C10H18ClN3. The SMILES string of the molecule is CC(C)Cn1cc([C@@H]2C[C@H]2N)cn1.Cl. The molecule has 0 saturated heterocycles. The fourth-order valence-corrected chi connectivity index (χ4v) is 1.64. The fourth-order valence-electron chi connectivity index (χ4n) is 1.64. The average Bonchev–Trinajstić information content (AvgIpc) is 2.60. The van der Waals surface area contributed by atoms with Gasteiger partial charge in [-0.25, -0.2) is 0 Å². The van der Waals surface area contributed by atoms with E-state index in [0.29, 0.717) is 17.9 Å². The number of nitrogens with zero attached hydrogens (tertiary/aromatic N) is 2. The van der Waals surface area contributed by atoms with Crippen molar-refractivity contribution in [3.8, 4) is 0 Å². The van der Waals surface area contributed by atoms with Gasteiger partial charge in [-0.05, 0) is 17.9 Å². The van der Waals surface area contributed by atoms with Crippen LogP contribution in [0.25, 0.3) is 0 Å². The van der Waals surface area contributed by atoms with Crippen molar-refractivity contribution in [1.82, 2.24) is 9.78 Å². The van der Waals surface area contributed by atoms with Crippen LogP contribution in [0.1, 0.15) is 31.7 Å². The molecule has 3 nitrogen and oxygen atoms in total. The van der Waals surface area contributed by atoms with Crippen molar-refractivity contribution in [2.75, 3.05) is 0 Å². The summed E-state index contributed by atoms with van der Waals surface area (Å²) in [6.45, 7) is 5.40. The standard InChI is InChI=1S/C10H17N3.ClH/c1-7(2)5-13-6-8(4-12-13)9-3-10(9)11;/h4,6-7,9-10H,3,5,11H2,1-2H3;1H/t9-,10+;/m0./s1. The zero-order valence-electron chi connectivity index (χ0n) is 8.68. The van der Waals surface area contributed by atoms with E-state index in [9.17, 15) is 0 Å². The fraction of sp³-hybridized carbons (Fsp3) is 0.700. The molecule has 1 saturated carbocycles. The van der Waals surface area contributed by atoms with Gasteiger partial charge in [-0.3, -0.25) is 4.68 Å². The summed E-state index contributed by atoms with van der Waals surface area (Å²) in [4.78, 5) is 0. The summed E-state index contributed by atoms with van der Waals surface area (Å²) >= 11 is 0. The summed E-state index contributed by atoms with van der Waals surface area (Å²) in [5.74, 6) is 1.24. The Morgan fingerprint density at radius 3 is 2.79 bits per heavy atom. The van der Waals surface area contributed by atoms with Crippen LogP contribution in [0, 0.1) is 5.92 Å². The third-order valence-electron chi connectivity index (χ3n) is 2.47. The molecule has 1 aromatic rings. The lowest BCUT2D eigenvalue weighted by Gasteiger charge is -2.03. The molecule has 1 heterocycles. The molecule has 1 aromatic heterocycles. The number of hydrogen-bond donors (Lipinski definition) is 1. The van der Waals surface area contributed by atoms with E-state index in [1.165, 1.54) is 5.56 Å². The first kappa shape index (κ1) is 11.5. The second kappa shape index (κ2) is 4.32. The number of aromatic nitrogens is 2. The smallest absolute Gasteiger partial charge is 0.0525 e. The van der Waals surface area contributed by atoms with Crippen molar-refractivity contribution >= 4 is 12.4 Å². The molecule has 1 aliphatic carbocycles. The molecule has 2 N–H and O–H groups in total. The van der Waals surface area contributed by atoms with Crippen molar-refractivity contribution in [1.29, 1.82) is 0 Å². The van der Waals surface area contributed by atoms with Gasteiger partial charge in [0.15, 0.2) is 0 Å². The van der Waals surface area contributed by atoms with E-state index >= 15 is 0 Å². The van der Waals surface area contributed by atoms with Crippen LogP contribution in [0.3, 0.4) is 0 Å². The Morgan fingerprint density at radius 2 is 2.29 bits per heavy atom. The minimum atomic E-state index is 0. The highest BCUT2D eigenvalue weighted by Gasteiger charge is 2.35. The summed E-state index contributed by atoms with van der Waals surface area (Å²) in [6, 6.07) is 0.386. The zero-order chi connectivity index (χ0) is 9.42. The van der Waals surface area contributed by atoms with E-state index in [-0.39, 0.29) is 12.4 Å². The van der Waals surface area contributed by atoms with Crippen LogP contribution in [0.5, 0.6) is 0 Å². The quantitative estimate of drug-likeness (QED) is 0.836. The van der Waals surface area contributed by atoms with Gasteiger partial charge < -0.3 is 5.73 Å². The molecule has 2 atom stereocenters. The molecule has 2 rings (SSSR count). The van der Waals surface area contributed by atoms with Crippen molar-refractivity contribution in [2.24, 2.45) is 11.7 Å². The predicted molar refractivity (Wildman–Crippen MR) is 59.6 cm³/mol. The minimum Gasteiger partial charge on any atom is -0.327 e. The predicted octanol–water partition coefficient (Wildman–Crippen LogP) is 1.78. The minimum absolute atomic E-state index is 0. The summed E-state index contributed by atoms with van der Waals surface area (Å²) in [5, 5.41) is 4.31. The van der Waals surface area contributed by atoms with E-state index in [1.54, 1.807) is 0 Å². The number of hydrogen-bond acceptors (Lipinski definition) is 2. The van der Waals surface area contributed by atoms with Crippen molar-refractivity contribution < 1.29 is 0 Å². The topological polar surface area (TPSA) is 43.8 Å². The van der Waals surface area contributed by atoms with E-state index in [4.69, 9.17) is 5.73 Å². The van der Waals surface area contributed by atoms with Crippen LogP contribution in [0.2, 0.25) is 0 Å². The zero-order valence-corrected chi connectivity index (χ0v) is 9.50. The van der Waals surface area contributed by atoms with E-state index in [0.717, 1.165) is 13.0 Å². The van der Waals surface area contributed by atoms with Crippen LogP contribution in [0.15, 0.2) is 12.4 Å². The maximum atomic E-state index is 5.77. The van der Waals surface area contributed by atoms with Gasteiger partial charge in [0.25, 0.3) is 0 Å². The van der Waals surface area contributed by atoms with Gasteiger partial charge in [-0.1, -0.05) is 13.8 Å². The number of nitrogens with two attached hydrogens (primary N) is 1. The maximum Gasteiger partial charge on any atom is 0.0525 e. The average molecular weight is 216 g/mol. The third kappa shape index (κ3) is 2.49. The summed E-state index contributed by atoms with van der Waals surface area (Å²) in [7, 11) is 0. The Balaban J connectivity index is 0.000000980. The Labute approximate surface area is 91.1 Å². The Kier molecular flexibility index (Phi) is 3.56. The third-order valence-corrected chi connectivity index (χ3v) is 2.47. The van der Waals surface area contributed by atoms with Gasteiger partial charge >= 0.3 is 0 Å². The molecule has 1 fully saturated rings. The van der Waals surface area contributed by atoms with Crippen LogP contribution in [-0.2, 0) is 6.54 Å². The Bertz CT molecular complexity index is 295. The second-order valence-corrected chi connectivity index (χ2v) is 4.40. The van der Waals surface area contributed by atoms with Crippen molar-refractivity contribution in [3.63, 3.8) is 0 Å². The molecule has 0 amide bonds. The molecule has 80 valence electrons. The van der Waals surface area contributed by atoms with Crippen LogP contribution >= 0.6 is 12.4 Å². The van der Waals surface area contributed by atoms with Crippen molar-refractivity contribution in [2.45, 2.75) is 38.8 Å². The molecule has 0 aliphatic heterocycles. The molecule has 0 spiro atoms. The van der Waals surface area contributed by atoms with Gasteiger partial charge in [-0.15, -0.1) is 12.4 Å². The Morgan fingerprint density at radius 1 is 1.64 bits per heavy atom. The lowest BCUT2D eigenvalue weighted by molar-refractivity contribution is 0.483. The molecule has 0 aromatic carbocycles. The highest BCUT2D eigenvalue weighted by Crippen LogP contribution is 2.38. The monoisotopic (exact) mass is 215 g/mol. The van der Waals surface area contributed by atoms with E-state index in [2.05, 4.69) is 25.1 Å². The number of rotatable bonds is 3. The molecule has 14 heavy (non-hydrogen) atoms. The van der Waals surface area contributed by atoms with Gasteiger partial charge in [-0.2, -0.15) is 5.10 Å². The van der Waals surface area contributed by atoms with Gasteiger partial charge in [0.2, 0.25) is 0 Å². The maximum absolute atomic E-state index is 5.77. The molecule has 4 heteroatoms. The molecular weight excluding hydrogens is 198 g/mol. The molecule has 1 aliphatic rings. The molecule has 0 unspecified atom stereocenters. The van der Waals surface area contributed by atoms with E-state index < -0.39 is 0 Å². The first-order valence-corrected chi connectivity index (χ1v) is 4.94. The highest BCUT2D eigenvalue weighted by molar-refractivity contribution is 5.85. The van der Waals surface area contributed by atoms with Gasteiger partial charge in [0, 0.05) is 24.7 Å². The van der Waals surface area contributed by atoms with E-state index in [1.807, 2.05) is 10.9 Å². The summed E-state index contributed by atoms with van der Waals surface area (Å²) in [5.41, 5.74) is 7.09. The lowest BCUT2D eigenvalue weighted by Crippen LogP contribution is -2.04.